The van der Waals surface area contributed by atoms with E-state index >= 15 is 0 Å². The van der Waals surface area contributed by atoms with Gasteiger partial charge in [0.05, 0.1) is 5.69 Å². The molecule has 0 fully saturated rings. The van der Waals surface area contributed by atoms with E-state index in [4.69, 9.17) is 4.99 Å². The number of para-hydroxylation sites is 2. The minimum Gasteiger partial charge on any atom is -0.307 e. The van der Waals surface area contributed by atoms with E-state index in [1.165, 1.54) is 0 Å². The molecule has 1 atom stereocenters. The molecule has 0 radical (unpaired) electrons. The normalized spacial score (nSPS) is 14.9. The van der Waals surface area contributed by atoms with Crippen molar-refractivity contribution in [2.24, 2.45) is 4.99 Å². The number of amidine groups is 1. The van der Waals surface area contributed by atoms with Gasteiger partial charge in [-0.3, -0.25) is 0 Å². The van der Waals surface area contributed by atoms with E-state index in [1.807, 2.05) is 60.7 Å². The molecule has 0 spiro atoms. The third-order valence-corrected chi connectivity index (χ3v) is 5.14. The zero-order chi connectivity index (χ0) is 20.2. The zero-order valence-corrected chi connectivity index (χ0v) is 16.4. The number of benzene rings is 4. The van der Waals surface area contributed by atoms with Gasteiger partial charge in [0.1, 0.15) is 11.9 Å². The number of rotatable bonds is 2. The van der Waals surface area contributed by atoms with Crippen LogP contribution < -0.4 is 4.90 Å². The molecule has 0 aliphatic carbocycles. The second-order valence-corrected chi connectivity index (χ2v) is 7.10. The summed E-state index contributed by atoms with van der Waals surface area (Å²) in [6.45, 7) is 0. The minimum atomic E-state index is -0.142. The molecule has 0 aromatic heterocycles. The van der Waals surface area contributed by atoms with Crippen molar-refractivity contribution in [1.82, 2.24) is 0 Å². The highest BCUT2D eigenvalue weighted by Crippen LogP contribution is 2.38. The molecule has 0 amide bonds. The van der Waals surface area contributed by atoms with Gasteiger partial charge in [0.15, 0.2) is 0 Å². The van der Waals surface area contributed by atoms with Crippen LogP contribution in [0.2, 0.25) is 0 Å². The van der Waals surface area contributed by atoms with Gasteiger partial charge in [-0.05, 0) is 30.3 Å². The Kier molecular flexibility index (Phi) is 4.86. The molecule has 4 aromatic rings. The number of hydrogen-bond donors (Lipinski definition) is 0. The highest BCUT2D eigenvalue weighted by Gasteiger charge is 2.30. The fraction of sp³-hybridized carbons (Fsp3) is 0.0357. The molecule has 0 saturated heterocycles. The molecule has 0 bridgehead atoms. The lowest BCUT2D eigenvalue weighted by atomic mass is 9.98. The van der Waals surface area contributed by atoms with Crippen molar-refractivity contribution in [2.45, 2.75) is 6.04 Å². The van der Waals surface area contributed by atoms with Gasteiger partial charge < -0.3 is 4.90 Å². The summed E-state index contributed by atoms with van der Waals surface area (Å²) >= 11 is 0. The van der Waals surface area contributed by atoms with Gasteiger partial charge in [-0.15, -0.1) is 0 Å². The Morgan fingerprint density at radius 1 is 0.633 bits per heavy atom. The van der Waals surface area contributed by atoms with E-state index in [0.29, 0.717) is 0 Å². The first-order valence-electron chi connectivity index (χ1n) is 10.0. The van der Waals surface area contributed by atoms with Gasteiger partial charge in [-0.2, -0.15) is 0 Å². The molecule has 1 aliphatic rings. The van der Waals surface area contributed by atoms with Gasteiger partial charge in [-0.1, -0.05) is 96.8 Å². The van der Waals surface area contributed by atoms with E-state index < -0.39 is 0 Å². The predicted octanol–water partition coefficient (Wildman–Crippen LogP) is 6.38. The van der Waals surface area contributed by atoms with Crippen LogP contribution in [0.4, 0.5) is 11.4 Å². The molecule has 2 nitrogen and oxygen atoms in total. The summed E-state index contributed by atoms with van der Waals surface area (Å²) in [6.07, 6.45) is 0. The fourth-order valence-corrected chi connectivity index (χ4v) is 3.72. The SMILES string of the molecule is C(#CC1c2ccccc2N=C(c2ccccc2)N1c1ccccc1)c1ccccc1. The monoisotopic (exact) mass is 384 g/mol. The lowest BCUT2D eigenvalue weighted by molar-refractivity contribution is 0.882. The van der Waals surface area contributed by atoms with Crippen molar-refractivity contribution in [2.75, 3.05) is 4.90 Å². The van der Waals surface area contributed by atoms with Crippen molar-refractivity contribution in [3.8, 4) is 11.8 Å². The predicted molar refractivity (Wildman–Crippen MR) is 124 cm³/mol. The third kappa shape index (κ3) is 3.50. The topological polar surface area (TPSA) is 15.6 Å². The third-order valence-electron chi connectivity index (χ3n) is 5.14. The van der Waals surface area contributed by atoms with Crippen LogP contribution in [0.25, 0.3) is 0 Å². The van der Waals surface area contributed by atoms with Crippen LogP contribution in [-0.4, -0.2) is 5.84 Å². The number of nitrogens with zero attached hydrogens (tertiary/aromatic N) is 2. The standard InChI is InChI=1S/C28H20N2/c1-4-12-22(13-5-1)20-21-27-25-18-10-11-19-26(25)29-28(23-14-6-2-7-15-23)30(27)24-16-8-3-9-17-24/h1-19,27H. The van der Waals surface area contributed by atoms with Gasteiger partial charge in [-0.25, -0.2) is 4.99 Å². The summed E-state index contributed by atoms with van der Waals surface area (Å²) in [5, 5.41) is 0. The molecular weight excluding hydrogens is 364 g/mol. The Hall–Kier alpha value is -4.09. The van der Waals surface area contributed by atoms with Crippen molar-refractivity contribution >= 4 is 17.2 Å². The van der Waals surface area contributed by atoms with Crippen molar-refractivity contribution in [3.63, 3.8) is 0 Å². The number of anilines is 1. The van der Waals surface area contributed by atoms with Crippen LogP contribution >= 0.6 is 0 Å². The van der Waals surface area contributed by atoms with Gasteiger partial charge in [0.2, 0.25) is 0 Å². The quantitative estimate of drug-likeness (QED) is 0.366. The van der Waals surface area contributed by atoms with E-state index in [9.17, 15) is 0 Å². The van der Waals surface area contributed by atoms with Crippen LogP contribution in [-0.2, 0) is 0 Å². The van der Waals surface area contributed by atoms with E-state index in [2.05, 4.69) is 71.3 Å². The first-order valence-corrected chi connectivity index (χ1v) is 10.0. The van der Waals surface area contributed by atoms with E-state index in [1.54, 1.807) is 0 Å². The maximum atomic E-state index is 5.05. The number of aliphatic imine (C=N–C) groups is 1. The Morgan fingerprint density at radius 2 is 1.23 bits per heavy atom. The highest BCUT2D eigenvalue weighted by molar-refractivity contribution is 6.13. The Morgan fingerprint density at radius 3 is 1.97 bits per heavy atom. The molecule has 5 rings (SSSR count). The van der Waals surface area contributed by atoms with E-state index in [-0.39, 0.29) is 6.04 Å². The molecule has 1 unspecified atom stereocenters. The lowest BCUT2D eigenvalue weighted by Crippen LogP contribution is -2.37. The van der Waals surface area contributed by atoms with Crippen molar-refractivity contribution < 1.29 is 0 Å². The first-order chi connectivity index (χ1) is 14.9. The summed E-state index contributed by atoms with van der Waals surface area (Å²) in [5.41, 5.74) is 5.23. The van der Waals surface area contributed by atoms with Crippen LogP contribution in [0, 0.1) is 11.8 Å². The Bertz CT molecular complexity index is 1230. The molecule has 1 aliphatic heterocycles. The maximum Gasteiger partial charge on any atom is 0.142 e. The number of hydrogen-bond acceptors (Lipinski definition) is 2. The smallest absolute Gasteiger partial charge is 0.142 e. The average molecular weight is 384 g/mol. The molecule has 30 heavy (non-hydrogen) atoms. The van der Waals surface area contributed by atoms with Crippen LogP contribution in [0.1, 0.15) is 22.7 Å². The zero-order valence-electron chi connectivity index (χ0n) is 16.4. The van der Waals surface area contributed by atoms with Gasteiger partial charge in [0.25, 0.3) is 0 Å². The molecule has 4 aromatic carbocycles. The second kappa shape index (κ2) is 8.11. The molecule has 142 valence electrons. The van der Waals surface area contributed by atoms with Gasteiger partial charge >= 0.3 is 0 Å². The molecule has 0 saturated carbocycles. The molecule has 2 heteroatoms. The minimum absolute atomic E-state index is 0.142. The van der Waals surface area contributed by atoms with Crippen molar-refractivity contribution in [3.05, 3.63) is 132 Å². The average Bonchev–Trinajstić information content (AvgIpc) is 2.83. The summed E-state index contributed by atoms with van der Waals surface area (Å²) < 4.78 is 0. The summed E-state index contributed by atoms with van der Waals surface area (Å²) in [5.74, 6) is 7.83. The van der Waals surface area contributed by atoms with Gasteiger partial charge in [0, 0.05) is 22.4 Å². The summed E-state index contributed by atoms with van der Waals surface area (Å²) in [4.78, 5) is 7.30. The second-order valence-electron chi connectivity index (χ2n) is 7.10. The van der Waals surface area contributed by atoms with Crippen LogP contribution in [0.3, 0.4) is 0 Å². The van der Waals surface area contributed by atoms with Crippen LogP contribution in [0.5, 0.6) is 0 Å². The van der Waals surface area contributed by atoms with Crippen LogP contribution in [0.15, 0.2) is 120 Å². The first kappa shape index (κ1) is 18.0. The van der Waals surface area contributed by atoms with E-state index in [0.717, 1.165) is 33.9 Å². The molecular formula is C28H20N2. The fourth-order valence-electron chi connectivity index (χ4n) is 3.72. The number of fused-ring (bicyclic) bond motifs is 1. The largest absolute Gasteiger partial charge is 0.307 e. The summed E-state index contributed by atoms with van der Waals surface area (Å²) in [7, 11) is 0. The molecule has 1 heterocycles. The Labute approximate surface area is 177 Å². The highest BCUT2D eigenvalue weighted by atomic mass is 15.2. The Balaban J connectivity index is 1.72. The maximum absolute atomic E-state index is 5.05. The summed E-state index contributed by atoms with van der Waals surface area (Å²) in [6, 6.07) is 39.0. The lowest BCUT2D eigenvalue weighted by Gasteiger charge is -2.36. The van der Waals surface area contributed by atoms with Crippen molar-refractivity contribution in [1.29, 1.82) is 0 Å². The molecule has 0 N–H and O–H groups in total.